The van der Waals surface area contributed by atoms with Crippen molar-refractivity contribution in [2.24, 2.45) is 0 Å². The summed E-state index contributed by atoms with van der Waals surface area (Å²) in [6.07, 6.45) is 1.55. The fourth-order valence-electron chi connectivity index (χ4n) is 3.22. The van der Waals surface area contributed by atoms with Crippen LogP contribution in [0, 0.1) is 0 Å². The topological polar surface area (TPSA) is 17.1 Å². The molecule has 1 nitrogen and oxygen atoms in total. The Hall–Kier alpha value is -1.25. The third-order valence-corrected chi connectivity index (χ3v) is 5.41. The van der Waals surface area contributed by atoms with Crippen molar-refractivity contribution in [1.29, 1.82) is 0 Å². The van der Waals surface area contributed by atoms with Crippen LogP contribution in [0.3, 0.4) is 0 Å². The lowest BCUT2D eigenvalue weighted by atomic mass is 9.89. The van der Waals surface area contributed by atoms with Gasteiger partial charge < -0.3 is 0 Å². The molecule has 0 atom stereocenters. The summed E-state index contributed by atoms with van der Waals surface area (Å²) in [4.78, 5) is 12.3. The van der Waals surface area contributed by atoms with Crippen LogP contribution < -0.4 is 0 Å². The fourth-order valence-corrected chi connectivity index (χ4v) is 4.46. The van der Waals surface area contributed by atoms with Crippen molar-refractivity contribution >= 4 is 29.1 Å². The van der Waals surface area contributed by atoms with Crippen LogP contribution in [0.5, 0.6) is 0 Å². The molecule has 2 aromatic carbocycles. The second-order valence-electron chi connectivity index (χ2n) is 5.35. The molecule has 0 bridgehead atoms. The number of hydrogen-bond acceptors (Lipinski definition) is 2. The maximum absolute atomic E-state index is 12.3. The Labute approximate surface area is 127 Å². The predicted molar refractivity (Wildman–Crippen MR) is 84.5 cm³/mol. The summed E-state index contributed by atoms with van der Waals surface area (Å²) >= 11 is 7.92. The molecule has 2 aliphatic rings. The molecule has 20 heavy (non-hydrogen) atoms. The van der Waals surface area contributed by atoms with E-state index in [2.05, 4.69) is 6.07 Å². The van der Waals surface area contributed by atoms with E-state index in [4.69, 9.17) is 11.6 Å². The van der Waals surface area contributed by atoms with Crippen LogP contribution in [-0.2, 0) is 17.9 Å². The first-order chi connectivity index (χ1) is 9.74. The van der Waals surface area contributed by atoms with Crippen LogP contribution in [0.25, 0.3) is 11.1 Å². The van der Waals surface area contributed by atoms with Gasteiger partial charge >= 0.3 is 0 Å². The molecule has 100 valence electrons. The molecule has 3 heteroatoms. The smallest absolute Gasteiger partial charge is 0.164 e. The monoisotopic (exact) mass is 300 g/mol. The summed E-state index contributed by atoms with van der Waals surface area (Å²) in [5.41, 5.74) is 7.26. The van der Waals surface area contributed by atoms with E-state index in [0.29, 0.717) is 12.2 Å². The Balaban J connectivity index is 2.02. The number of Topliss-reactive ketones (excluding diaryl/α,β-unsaturated/α-hetero) is 1. The number of carbonyl (C=O) groups excluding carboxylic acids is 1. The molecule has 0 N–H and O–H groups in total. The number of hydrogen-bond donors (Lipinski definition) is 0. The molecule has 4 rings (SSSR count). The lowest BCUT2D eigenvalue weighted by molar-refractivity contribution is 0.0995. The fraction of sp³-hybridized carbons (Fsp3) is 0.235. The van der Waals surface area contributed by atoms with E-state index in [1.165, 1.54) is 22.3 Å². The van der Waals surface area contributed by atoms with Crippen LogP contribution in [0.15, 0.2) is 30.3 Å². The number of aryl methyl sites for hydroxylation is 1. The van der Waals surface area contributed by atoms with Gasteiger partial charge in [0.15, 0.2) is 5.78 Å². The number of halogens is 1. The largest absolute Gasteiger partial charge is 0.294 e. The first kappa shape index (κ1) is 12.5. The average Bonchev–Trinajstić information content (AvgIpc) is 3.05. The molecule has 0 unspecified atom stereocenters. The molecule has 1 aliphatic heterocycles. The molecular weight excluding hydrogens is 288 g/mol. The van der Waals surface area contributed by atoms with E-state index in [1.807, 2.05) is 36.0 Å². The van der Waals surface area contributed by atoms with E-state index in [9.17, 15) is 4.79 Å². The van der Waals surface area contributed by atoms with Crippen LogP contribution in [0.4, 0.5) is 0 Å². The molecule has 0 aromatic heterocycles. The van der Waals surface area contributed by atoms with E-state index in [0.717, 1.165) is 34.1 Å². The minimum atomic E-state index is 0.296. The molecule has 0 saturated heterocycles. The molecule has 0 saturated carbocycles. The van der Waals surface area contributed by atoms with E-state index in [1.54, 1.807) is 0 Å². The van der Waals surface area contributed by atoms with Crippen molar-refractivity contribution in [2.45, 2.75) is 24.3 Å². The van der Waals surface area contributed by atoms with Crippen molar-refractivity contribution in [2.75, 3.05) is 0 Å². The number of carbonyl (C=O) groups is 1. The van der Waals surface area contributed by atoms with Gasteiger partial charge in [-0.2, -0.15) is 11.8 Å². The maximum atomic E-state index is 12.3. The molecule has 0 spiro atoms. The minimum absolute atomic E-state index is 0.296. The van der Waals surface area contributed by atoms with Gasteiger partial charge in [0.1, 0.15) is 0 Å². The summed E-state index contributed by atoms with van der Waals surface area (Å²) in [6, 6.07) is 10.1. The average molecular weight is 301 g/mol. The lowest BCUT2D eigenvalue weighted by Gasteiger charge is -2.14. The zero-order valence-corrected chi connectivity index (χ0v) is 12.5. The summed E-state index contributed by atoms with van der Waals surface area (Å²) in [6.45, 7) is 0. The summed E-state index contributed by atoms with van der Waals surface area (Å²) < 4.78 is 0. The van der Waals surface area contributed by atoms with Gasteiger partial charge in [-0.15, -0.1) is 0 Å². The van der Waals surface area contributed by atoms with Crippen molar-refractivity contribution < 1.29 is 4.79 Å². The zero-order valence-electron chi connectivity index (χ0n) is 10.9. The Kier molecular flexibility index (Phi) is 2.90. The first-order valence-corrected chi connectivity index (χ1v) is 8.32. The highest BCUT2D eigenvalue weighted by Gasteiger charge is 2.29. The lowest BCUT2D eigenvalue weighted by Crippen LogP contribution is -2.01. The molecule has 0 radical (unpaired) electrons. The van der Waals surface area contributed by atoms with Crippen LogP contribution in [-0.4, -0.2) is 5.78 Å². The minimum Gasteiger partial charge on any atom is -0.294 e. The Morgan fingerprint density at radius 2 is 1.75 bits per heavy atom. The van der Waals surface area contributed by atoms with Crippen molar-refractivity contribution in [3.63, 3.8) is 0 Å². The Bertz CT molecular complexity index is 719. The SMILES string of the molecule is O=C1CCc2cc3c(c(-c4ccc(Cl)cc4)c21)CSC3. The van der Waals surface area contributed by atoms with Gasteiger partial charge in [-0.3, -0.25) is 4.79 Å². The molecule has 2 aromatic rings. The predicted octanol–water partition coefficient (Wildman–Crippen LogP) is 4.88. The van der Waals surface area contributed by atoms with Gasteiger partial charge in [0.2, 0.25) is 0 Å². The highest BCUT2D eigenvalue weighted by Crippen LogP contribution is 2.43. The van der Waals surface area contributed by atoms with Gasteiger partial charge in [-0.1, -0.05) is 29.8 Å². The number of thioether (sulfide) groups is 1. The van der Waals surface area contributed by atoms with Gasteiger partial charge in [-0.05, 0) is 46.4 Å². The van der Waals surface area contributed by atoms with Crippen LogP contribution in [0.1, 0.15) is 33.5 Å². The van der Waals surface area contributed by atoms with Gasteiger partial charge in [0.05, 0.1) is 0 Å². The number of fused-ring (bicyclic) bond motifs is 2. The summed E-state index contributed by atoms with van der Waals surface area (Å²) in [7, 11) is 0. The Morgan fingerprint density at radius 1 is 0.950 bits per heavy atom. The third-order valence-electron chi connectivity index (χ3n) is 4.15. The third kappa shape index (κ3) is 1.82. The molecular formula is C17H13ClOS. The van der Waals surface area contributed by atoms with Crippen molar-refractivity contribution in [3.05, 3.63) is 57.6 Å². The van der Waals surface area contributed by atoms with E-state index < -0.39 is 0 Å². The molecule has 1 heterocycles. The number of ketones is 1. The quantitative estimate of drug-likeness (QED) is 0.746. The van der Waals surface area contributed by atoms with Crippen molar-refractivity contribution in [3.8, 4) is 11.1 Å². The van der Waals surface area contributed by atoms with Gasteiger partial charge in [0.25, 0.3) is 0 Å². The Morgan fingerprint density at radius 3 is 2.55 bits per heavy atom. The molecule has 0 amide bonds. The van der Waals surface area contributed by atoms with E-state index >= 15 is 0 Å². The standard InChI is InChI=1S/C17H13ClOS/c18-13-4-1-10(2-5-13)16-14-9-20-8-12(14)7-11-3-6-15(19)17(11)16/h1-2,4-5,7H,3,6,8-9H2. The van der Waals surface area contributed by atoms with Gasteiger partial charge in [0, 0.05) is 28.5 Å². The maximum Gasteiger partial charge on any atom is 0.164 e. The number of benzene rings is 2. The second kappa shape index (κ2) is 4.64. The zero-order chi connectivity index (χ0) is 13.7. The van der Waals surface area contributed by atoms with E-state index in [-0.39, 0.29) is 0 Å². The summed E-state index contributed by atoms with van der Waals surface area (Å²) in [5.74, 6) is 2.37. The van der Waals surface area contributed by atoms with Crippen molar-refractivity contribution in [1.82, 2.24) is 0 Å². The number of rotatable bonds is 1. The normalized spacial score (nSPS) is 16.4. The molecule has 0 fully saturated rings. The highest BCUT2D eigenvalue weighted by molar-refractivity contribution is 7.98. The second-order valence-corrected chi connectivity index (χ2v) is 6.77. The van der Waals surface area contributed by atoms with Crippen LogP contribution >= 0.6 is 23.4 Å². The highest BCUT2D eigenvalue weighted by atomic mass is 35.5. The summed E-state index contributed by atoms with van der Waals surface area (Å²) in [5, 5.41) is 0.735. The molecule has 1 aliphatic carbocycles. The first-order valence-electron chi connectivity index (χ1n) is 6.78. The van der Waals surface area contributed by atoms with Crippen LogP contribution in [0.2, 0.25) is 5.02 Å². The van der Waals surface area contributed by atoms with Gasteiger partial charge in [-0.25, -0.2) is 0 Å².